The van der Waals surface area contributed by atoms with Crippen LogP contribution in [0.25, 0.3) is 60.6 Å². The Bertz CT molecular complexity index is 3600. The summed E-state index contributed by atoms with van der Waals surface area (Å²) in [5, 5.41) is 4.58. The Balaban J connectivity index is 1.19. The molecule has 0 saturated carbocycles. The summed E-state index contributed by atoms with van der Waals surface area (Å²) in [7, 11) is 0. The summed E-state index contributed by atoms with van der Waals surface area (Å²) in [6, 6.07) is 72.7. The summed E-state index contributed by atoms with van der Waals surface area (Å²) in [6.07, 6.45) is 0. The summed E-state index contributed by atoms with van der Waals surface area (Å²) in [5.74, 6) is 1.72. The lowest BCUT2D eigenvalue weighted by Gasteiger charge is -2.39. The van der Waals surface area contributed by atoms with Crippen LogP contribution in [0.4, 0.5) is 17.1 Å². The molecule has 0 saturated heterocycles. The maximum Gasteiger partial charge on any atom is 0.145 e. The summed E-state index contributed by atoms with van der Waals surface area (Å²) < 4.78 is 16.4. The van der Waals surface area contributed by atoms with Gasteiger partial charge in [-0.2, -0.15) is 0 Å². The summed E-state index contributed by atoms with van der Waals surface area (Å²) in [5.41, 5.74) is 15.8. The van der Waals surface area contributed by atoms with Crippen molar-refractivity contribution in [2.75, 3.05) is 4.90 Å². The van der Waals surface area contributed by atoms with E-state index in [2.05, 4.69) is 230 Å². The van der Waals surface area contributed by atoms with Crippen LogP contribution in [0.3, 0.4) is 0 Å². The normalized spacial score (nSPS) is 13.6. The van der Waals surface area contributed by atoms with Crippen LogP contribution in [-0.4, -0.2) is 4.57 Å². The molecule has 1 spiro atoms. The molecule has 2 aliphatic rings. The van der Waals surface area contributed by atoms with Crippen LogP contribution in [0, 0.1) is 0 Å². The van der Waals surface area contributed by atoms with Crippen LogP contribution < -0.4 is 9.64 Å². The van der Waals surface area contributed by atoms with Gasteiger partial charge in [-0.15, -0.1) is 0 Å². The van der Waals surface area contributed by atoms with Crippen LogP contribution in [0.5, 0.6) is 11.5 Å². The van der Waals surface area contributed by atoms with Gasteiger partial charge in [0.25, 0.3) is 0 Å². The number of hydrogen-bond acceptors (Lipinski definition) is 3. The molecule has 2 aromatic heterocycles. The number of fused-ring (bicyclic) bond motifs is 16. The SMILES string of the molecule is CC(C)(C)c1ccc(N(c2ccc3c4ccccc4n(-c4ccccc4)c3c2)c2cc3c(c4oc5ccccc5c24)-c2ccccc2C32c3ccccc3Oc3ccccc32)cc1. The highest BCUT2D eigenvalue weighted by Crippen LogP contribution is 2.65. The summed E-state index contributed by atoms with van der Waals surface area (Å²) >= 11 is 0. The smallest absolute Gasteiger partial charge is 0.145 e. The maximum atomic E-state index is 7.21. The van der Waals surface area contributed by atoms with Crippen molar-refractivity contribution >= 4 is 60.8 Å². The Labute approximate surface area is 365 Å². The van der Waals surface area contributed by atoms with Crippen molar-refractivity contribution in [3.63, 3.8) is 0 Å². The molecule has 13 rings (SSSR count). The topological polar surface area (TPSA) is 30.5 Å². The number of ether oxygens (including phenoxy) is 1. The fourth-order valence-corrected chi connectivity index (χ4v) is 10.9. The first-order valence-corrected chi connectivity index (χ1v) is 21.8. The average Bonchev–Trinajstić information content (AvgIpc) is 3.96. The van der Waals surface area contributed by atoms with Crippen molar-refractivity contribution in [1.82, 2.24) is 4.57 Å². The van der Waals surface area contributed by atoms with E-state index in [0.29, 0.717) is 0 Å². The minimum atomic E-state index is -0.690. The third-order valence-electron chi connectivity index (χ3n) is 13.6. The first-order valence-electron chi connectivity index (χ1n) is 21.8. The Hall–Kier alpha value is -7.82. The van der Waals surface area contributed by atoms with E-state index in [1.54, 1.807) is 0 Å². The number of anilines is 3. The molecule has 0 radical (unpaired) electrons. The number of aromatic nitrogens is 1. The average molecular weight is 811 g/mol. The largest absolute Gasteiger partial charge is 0.457 e. The van der Waals surface area contributed by atoms with Crippen LogP contribution in [0.1, 0.15) is 48.6 Å². The van der Waals surface area contributed by atoms with E-state index in [9.17, 15) is 0 Å². The first-order chi connectivity index (χ1) is 30.9. The van der Waals surface area contributed by atoms with Gasteiger partial charge in [0, 0.05) is 49.9 Å². The van der Waals surface area contributed by atoms with E-state index < -0.39 is 5.41 Å². The molecular formula is C59H42N2O2. The Morgan fingerprint density at radius 2 is 1.10 bits per heavy atom. The Morgan fingerprint density at radius 3 is 1.84 bits per heavy atom. The minimum Gasteiger partial charge on any atom is -0.457 e. The van der Waals surface area contributed by atoms with E-state index in [0.717, 1.165) is 78.4 Å². The lowest BCUT2D eigenvalue weighted by molar-refractivity contribution is 0.436. The van der Waals surface area contributed by atoms with Crippen LogP contribution in [0.15, 0.2) is 205 Å². The molecule has 1 aliphatic carbocycles. The van der Waals surface area contributed by atoms with Gasteiger partial charge in [0.15, 0.2) is 0 Å². The number of benzene rings is 9. The zero-order chi connectivity index (χ0) is 42.0. The van der Waals surface area contributed by atoms with Crippen LogP contribution >= 0.6 is 0 Å². The zero-order valence-electron chi connectivity index (χ0n) is 35.3. The van der Waals surface area contributed by atoms with Crippen LogP contribution in [0.2, 0.25) is 0 Å². The summed E-state index contributed by atoms with van der Waals surface area (Å²) in [6.45, 7) is 6.83. The molecule has 4 nitrogen and oxygen atoms in total. The second kappa shape index (κ2) is 13.1. The zero-order valence-corrected chi connectivity index (χ0v) is 35.3. The van der Waals surface area contributed by atoms with E-state index in [-0.39, 0.29) is 5.41 Å². The van der Waals surface area contributed by atoms with Gasteiger partial charge in [0.05, 0.1) is 27.5 Å². The Morgan fingerprint density at radius 1 is 0.492 bits per heavy atom. The molecule has 0 bridgehead atoms. The fraction of sp³-hybridized carbons (Fsp3) is 0.0847. The third-order valence-corrected chi connectivity index (χ3v) is 13.6. The quantitative estimate of drug-likeness (QED) is 0.177. The van der Waals surface area contributed by atoms with Crippen molar-refractivity contribution in [2.24, 2.45) is 0 Å². The number of hydrogen-bond donors (Lipinski definition) is 0. The predicted molar refractivity (Wildman–Crippen MR) is 259 cm³/mol. The van der Waals surface area contributed by atoms with Crippen molar-refractivity contribution in [3.05, 3.63) is 228 Å². The van der Waals surface area contributed by atoms with Crippen LogP contribution in [-0.2, 0) is 10.8 Å². The highest BCUT2D eigenvalue weighted by Gasteiger charge is 2.52. The standard InChI is InChI=1S/C59H42N2O2/c1-58(2,3)37-29-31-39(32-30-37)60(40-33-34-42-41-19-8-13-25-49(41)61(50(42)35-40)38-17-5-4-6-18-38)51-36-48-55(57-56(51)44-21-9-14-26-52(44)63-57)43-20-7-10-22-45(43)59(48)46-23-11-15-27-53(46)62-54-28-16-12-24-47(54)59/h4-36H,1-3H3. The molecule has 1 aliphatic heterocycles. The van der Waals surface area contributed by atoms with Gasteiger partial charge in [-0.05, 0) is 94.4 Å². The number of para-hydroxylation sites is 5. The second-order valence-corrected chi connectivity index (χ2v) is 18.0. The van der Waals surface area contributed by atoms with Crippen molar-refractivity contribution in [1.29, 1.82) is 0 Å². The maximum absolute atomic E-state index is 7.21. The molecule has 63 heavy (non-hydrogen) atoms. The van der Waals surface area contributed by atoms with Gasteiger partial charge < -0.3 is 18.6 Å². The Kier molecular flexibility index (Phi) is 7.46. The molecule has 0 fully saturated rings. The van der Waals surface area contributed by atoms with Gasteiger partial charge in [0.1, 0.15) is 22.7 Å². The molecular weight excluding hydrogens is 769 g/mol. The molecule has 9 aromatic carbocycles. The second-order valence-electron chi connectivity index (χ2n) is 18.0. The van der Waals surface area contributed by atoms with Gasteiger partial charge >= 0.3 is 0 Å². The van der Waals surface area contributed by atoms with E-state index in [1.165, 1.54) is 38.5 Å². The monoisotopic (exact) mass is 810 g/mol. The van der Waals surface area contributed by atoms with Gasteiger partial charge in [-0.3, -0.25) is 0 Å². The lowest BCUT2D eigenvalue weighted by atomic mass is 9.66. The molecule has 0 amide bonds. The highest BCUT2D eigenvalue weighted by molar-refractivity contribution is 6.20. The van der Waals surface area contributed by atoms with Gasteiger partial charge in [-0.25, -0.2) is 0 Å². The number of nitrogens with zero attached hydrogens (tertiary/aromatic N) is 2. The number of rotatable bonds is 4. The molecule has 3 heterocycles. The molecule has 4 heteroatoms. The van der Waals surface area contributed by atoms with E-state index >= 15 is 0 Å². The van der Waals surface area contributed by atoms with Crippen molar-refractivity contribution in [2.45, 2.75) is 31.6 Å². The first kappa shape index (κ1) is 35.9. The highest BCUT2D eigenvalue weighted by atomic mass is 16.5. The lowest BCUT2D eigenvalue weighted by Crippen LogP contribution is -2.32. The predicted octanol–water partition coefficient (Wildman–Crippen LogP) is 15.9. The minimum absolute atomic E-state index is 0.0114. The van der Waals surface area contributed by atoms with Gasteiger partial charge in [0.2, 0.25) is 0 Å². The third kappa shape index (κ3) is 4.98. The van der Waals surface area contributed by atoms with Crippen molar-refractivity contribution in [3.8, 4) is 28.3 Å². The molecule has 11 aromatic rings. The fourth-order valence-electron chi connectivity index (χ4n) is 10.9. The van der Waals surface area contributed by atoms with E-state index in [1.807, 2.05) is 0 Å². The molecule has 300 valence electrons. The molecule has 0 atom stereocenters. The van der Waals surface area contributed by atoms with Gasteiger partial charge in [-0.1, -0.05) is 154 Å². The molecule has 0 unspecified atom stereocenters. The molecule has 0 N–H and O–H groups in total. The van der Waals surface area contributed by atoms with Crippen molar-refractivity contribution < 1.29 is 9.15 Å². The summed E-state index contributed by atoms with van der Waals surface area (Å²) in [4.78, 5) is 2.47. The van der Waals surface area contributed by atoms with E-state index in [4.69, 9.17) is 9.15 Å². The number of furan rings is 1.